The molecule has 1 rings (SSSR count). The number of rotatable bonds is 5. The van der Waals surface area contributed by atoms with E-state index in [1.54, 1.807) is 0 Å². The lowest BCUT2D eigenvalue weighted by Crippen LogP contribution is -2.18. The van der Waals surface area contributed by atoms with Gasteiger partial charge in [-0.1, -0.05) is 44.2 Å². The molecule has 0 radical (unpaired) electrons. The van der Waals surface area contributed by atoms with Crippen LogP contribution < -0.4 is 5.32 Å². The highest BCUT2D eigenvalue weighted by molar-refractivity contribution is 5.14. The van der Waals surface area contributed by atoms with Gasteiger partial charge in [0.25, 0.3) is 0 Å². The van der Waals surface area contributed by atoms with Gasteiger partial charge in [-0.25, -0.2) is 0 Å². The van der Waals surface area contributed by atoms with Crippen LogP contribution in [0.1, 0.15) is 25.8 Å². The molecule has 0 heterocycles. The summed E-state index contributed by atoms with van der Waals surface area (Å²) >= 11 is 0. The van der Waals surface area contributed by atoms with E-state index in [1.807, 2.05) is 0 Å². The van der Waals surface area contributed by atoms with Crippen molar-refractivity contribution in [1.29, 1.82) is 0 Å². The van der Waals surface area contributed by atoms with Crippen LogP contribution in [0, 0.1) is 17.8 Å². The van der Waals surface area contributed by atoms with E-state index < -0.39 is 0 Å². The van der Waals surface area contributed by atoms with Gasteiger partial charge < -0.3 is 5.32 Å². The second kappa shape index (κ2) is 7.96. The zero-order chi connectivity index (χ0) is 11.6. The van der Waals surface area contributed by atoms with Gasteiger partial charge in [0.15, 0.2) is 0 Å². The highest BCUT2D eigenvalue weighted by Crippen LogP contribution is 1.97. The fourth-order valence-corrected chi connectivity index (χ4v) is 1.43. The molecule has 0 aromatic heterocycles. The van der Waals surface area contributed by atoms with Crippen LogP contribution >= 0.6 is 0 Å². The van der Waals surface area contributed by atoms with Crippen LogP contribution in [0.4, 0.5) is 0 Å². The highest BCUT2D eigenvalue weighted by Gasteiger charge is 1.90. The third kappa shape index (κ3) is 6.27. The zero-order valence-electron chi connectivity index (χ0n) is 10.3. The molecule has 0 aliphatic heterocycles. The van der Waals surface area contributed by atoms with Crippen molar-refractivity contribution in [2.45, 2.75) is 26.7 Å². The highest BCUT2D eigenvalue weighted by atomic mass is 14.8. The van der Waals surface area contributed by atoms with E-state index >= 15 is 0 Å². The molecule has 1 nitrogen and oxygen atoms in total. The normalized spacial score (nSPS) is 9.94. The minimum Gasteiger partial charge on any atom is -0.315 e. The molecule has 0 aliphatic carbocycles. The van der Waals surface area contributed by atoms with Crippen molar-refractivity contribution in [1.82, 2.24) is 5.32 Å². The van der Waals surface area contributed by atoms with Crippen LogP contribution in [-0.4, -0.2) is 13.1 Å². The summed E-state index contributed by atoms with van der Waals surface area (Å²) in [5.41, 5.74) is 1.39. The SMILES string of the molecule is CC(C)C#CCCNCCc1ccccc1. The van der Waals surface area contributed by atoms with Gasteiger partial charge in [0.1, 0.15) is 0 Å². The van der Waals surface area contributed by atoms with Crippen LogP contribution in [-0.2, 0) is 6.42 Å². The number of nitrogens with one attached hydrogen (secondary N) is 1. The molecule has 16 heavy (non-hydrogen) atoms. The van der Waals surface area contributed by atoms with Crippen LogP contribution in [0.3, 0.4) is 0 Å². The third-order valence-electron chi connectivity index (χ3n) is 2.25. The molecular formula is C15H21N. The Morgan fingerprint density at radius 2 is 1.88 bits per heavy atom. The maximum absolute atomic E-state index is 3.41. The predicted octanol–water partition coefficient (Wildman–Crippen LogP) is 2.87. The van der Waals surface area contributed by atoms with Gasteiger partial charge in [-0.15, -0.1) is 11.8 Å². The topological polar surface area (TPSA) is 12.0 Å². The summed E-state index contributed by atoms with van der Waals surface area (Å²) in [6.07, 6.45) is 2.05. The van der Waals surface area contributed by atoms with Crippen molar-refractivity contribution < 1.29 is 0 Å². The van der Waals surface area contributed by atoms with Crippen molar-refractivity contribution in [3.05, 3.63) is 35.9 Å². The molecule has 0 saturated carbocycles. The molecular weight excluding hydrogens is 194 g/mol. The molecule has 0 amide bonds. The first-order valence-corrected chi connectivity index (χ1v) is 6.02. The van der Waals surface area contributed by atoms with Crippen LogP contribution in [0.2, 0.25) is 0 Å². The number of hydrogen-bond acceptors (Lipinski definition) is 1. The summed E-state index contributed by atoms with van der Waals surface area (Å²) < 4.78 is 0. The molecule has 0 unspecified atom stereocenters. The van der Waals surface area contributed by atoms with Crippen molar-refractivity contribution in [3.8, 4) is 11.8 Å². The van der Waals surface area contributed by atoms with E-state index in [1.165, 1.54) is 5.56 Å². The summed E-state index contributed by atoms with van der Waals surface area (Å²) in [4.78, 5) is 0. The number of benzene rings is 1. The van der Waals surface area contributed by atoms with Gasteiger partial charge in [0, 0.05) is 18.9 Å². The van der Waals surface area contributed by atoms with Crippen LogP contribution in [0.5, 0.6) is 0 Å². The molecule has 0 atom stereocenters. The molecule has 1 aromatic carbocycles. The van der Waals surface area contributed by atoms with Crippen molar-refractivity contribution in [2.75, 3.05) is 13.1 Å². The average Bonchev–Trinajstić information content (AvgIpc) is 2.29. The van der Waals surface area contributed by atoms with Gasteiger partial charge >= 0.3 is 0 Å². The minimum atomic E-state index is 0.490. The quantitative estimate of drug-likeness (QED) is 0.588. The van der Waals surface area contributed by atoms with Gasteiger partial charge in [-0.2, -0.15) is 0 Å². The Morgan fingerprint density at radius 3 is 2.56 bits per heavy atom. The molecule has 0 fully saturated rings. The second-order valence-electron chi connectivity index (χ2n) is 4.21. The second-order valence-corrected chi connectivity index (χ2v) is 4.21. The maximum atomic E-state index is 3.41. The lowest BCUT2D eigenvalue weighted by molar-refractivity contribution is 0.693. The first-order valence-electron chi connectivity index (χ1n) is 6.02. The Morgan fingerprint density at radius 1 is 1.12 bits per heavy atom. The average molecular weight is 215 g/mol. The molecule has 1 aromatic rings. The summed E-state index contributed by atoms with van der Waals surface area (Å²) in [6, 6.07) is 10.6. The molecule has 0 aliphatic rings. The van der Waals surface area contributed by atoms with E-state index in [2.05, 4.69) is 61.3 Å². The lowest BCUT2D eigenvalue weighted by atomic mass is 10.1. The number of hydrogen-bond donors (Lipinski definition) is 1. The Balaban J connectivity index is 2.03. The summed E-state index contributed by atoms with van der Waals surface area (Å²) in [7, 11) is 0. The fraction of sp³-hybridized carbons (Fsp3) is 0.467. The first-order chi connectivity index (χ1) is 7.79. The third-order valence-corrected chi connectivity index (χ3v) is 2.25. The summed E-state index contributed by atoms with van der Waals surface area (Å²) in [5.74, 6) is 6.83. The molecule has 1 heteroatoms. The van der Waals surface area contributed by atoms with E-state index in [0.29, 0.717) is 5.92 Å². The summed E-state index contributed by atoms with van der Waals surface area (Å²) in [5, 5.41) is 3.41. The molecule has 0 saturated heterocycles. The van der Waals surface area contributed by atoms with E-state index in [9.17, 15) is 0 Å². The van der Waals surface area contributed by atoms with Crippen LogP contribution in [0.15, 0.2) is 30.3 Å². The Kier molecular flexibility index (Phi) is 6.37. The van der Waals surface area contributed by atoms with Crippen LogP contribution in [0.25, 0.3) is 0 Å². The van der Waals surface area contributed by atoms with Crippen molar-refractivity contribution in [2.24, 2.45) is 5.92 Å². The monoisotopic (exact) mass is 215 g/mol. The van der Waals surface area contributed by atoms with Gasteiger partial charge in [0.2, 0.25) is 0 Å². The molecule has 86 valence electrons. The van der Waals surface area contributed by atoms with Gasteiger partial charge in [0.05, 0.1) is 0 Å². The molecule has 0 spiro atoms. The Labute approximate surface area is 99.3 Å². The predicted molar refractivity (Wildman–Crippen MR) is 70.2 cm³/mol. The van der Waals surface area contributed by atoms with Crippen molar-refractivity contribution >= 4 is 0 Å². The Hall–Kier alpha value is -1.26. The van der Waals surface area contributed by atoms with Gasteiger partial charge in [-0.3, -0.25) is 0 Å². The van der Waals surface area contributed by atoms with E-state index in [0.717, 1.165) is 25.9 Å². The maximum Gasteiger partial charge on any atom is 0.0214 e. The fourth-order valence-electron chi connectivity index (χ4n) is 1.43. The minimum absolute atomic E-state index is 0.490. The molecule has 0 bridgehead atoms. The largest absolute Gasteiger partial charge is 0.315 e. The zero-order valence-corrected chi connectivity index (χ0v) is 10.3. The molecule has 1 N–H and O–H groups in total. The smallest absolute Gasteiger partial charge is 0.0214 e. The van der Waals surface area contributed by atoms with Crippen molar-refractivity contribution in [3.63, 3.8) is 0 Å². The summed E-state index contributed by atoms with van der Waals surface area (Å²) in [6.45, 7) is 6.27. The Bertz CT molecular complexity index is 329. The lowest BCUT2D eigenvalue weighted by Gasteiger charge is -2.02. The van der Waals surface area contributed by atoms with E-state index in [4.69, 9.17) is 0 Å². The van der Waals surface area contributed by atoms with Gasteiger partial charge in [-0.05, 0) is 18.5 Å². The standard InChI is InChI=1S/C15H21N/c1-14(2)8-6-7-12-16-13-11-15-9-4-3-5-10-15/h3-5,9-10,14,16H,7,11-13H2,1-2H3. The van der Waals surface area contributed by atoms with E-state index in [-0.39, 0.29) is 0 Å². The first kappa shape index (κ1) is 12.8.